The van der Waals surface area contributed by atoms with Crippen LogP contribution in [0.1, 0.15) is 12.0 Å². The van der Waals surface area contributed by atoms with Crippen LogP contribution in [0.25, 0.3) is 10.9 Å². The summed E-state index contributed by atoms with van der Waals surface area (Å²) in [5.74, 6) is -0.836. The Bertz CT molecular complexity index is 591. The van der Waals surface area contributed by atoms with Crippen molar-refractivity contribution in [3.8, 4) is 0 Å². The van der Waals surface area contributed by atoms with Crippen molar-refractivity contribution in [2.45, 2.75) is 12.8 Å². The average Bonchev–Trinajstić information content (AvgIpc) is 3.03. The molecule has 0 aliphatic carbocycles. The lowest BCUT2D eigenvalue weighted by Crippen LogP contribution is -2.25. The van der Waals surface area contributed by atoms with Crippen LogP contribution in [0.3, 0.4) is 0 Å². The number of nitrogens with one attached hydrogen (secondary N) is 1. The third-order valence-electron chi connectivity index (χ3n) is 3.99. The van der Waals surface area contributed by atoms with Crippen molar-refractivity contribution in [2.75, 3.05) is 19.6 Å². The van der Waals surface area contributed by atoms with Crippen molar-refractivity contribution in [1.29, 1.82) is 0 Å². The lowest BCUT2D eigenvalue weighted by molar-refractivity contribution is -0.141. The summed E-state index contributed by atoms with van der Waals surface area (Å²) < 4.78 is 0. The SMILES string of the molecule is O=C(O)C1CCN(CCc2c[nH]c3ccccc23)C1. The smallest absolute Gasteiger partial charge is 0.307 e. The van der Waals surface area contributed by atoms with E-state index in [-0.39, 0.29) is 5.92 Å². The number of carbonyl (C=O) groups is 1. The Morgan fingerprint density at radius 1 is 1.42 bits per heavy atom. The summed E-state index contributed by atoms with van der Waals surface area (Å²) >= 11 is 0. The van der Waals surface area contributed by atoms with Crippen molar-refractivity contribution in [1.82, 2.24) is 9.88 Å². The minimum Gasteiger partial charge on any atom is -0.481 e. The maximum absolute atomic E-state index is 10.9. The topological polar surface area (TPSA) is 56.3 Å². The van der Waals surface area contributed by atoms with Crippen LogP contribution < -0.4 is 0 Å². The molecule has 2 N–H and O–H groups in total. The first-order chi connectivity index (χ1) is 9.24. The molecule has 1 atom stereocenters. The second kappa shape index (κ2) is 5.05. The largest absolute Gasteiger partial charge is 0.481 e. The third-order valence-corrected chi connectivity index (χ3v) is 3.99. The minimum atomic E-state index is -0.658. The number of benzene rings is 1. The van der Waals surface area contributed by atoms with Gasteiger partial charge in [0.05, 0.1) is 5.92 Å². The Morgan fingerprint density at radius 2 is 2.26 bits per heavy atom. The molecule has 0 saturated carbocycles. The van der Waals surface area contributed by atoms with E-state index in [1.165, 1.54) is 16.5 Å². The maximum Gasteiger partial charge on any atom is 0.307 e. The van der Waals surface area contributed by atoms with Gasteiger partial charge in [0, 0.05) is 30.2 Å². The summed E-state index contributed by atoms with van der Waals surface area (Å²) in [5.41, 5.74) is 2.48. The standard InChI is InChI=1S/C15H18N2O2/c18-15(19)12-6-8-17(10-12)7-5-11-9-16-14-4-2-1-3-13(11)14/h1-4,9,12,16H,5-8,10H2,(H,18,19). The van der Waals surface area contributed by atoms with Gasteiger partial charge in [0.15, 0.2) is 0 Å². The first-order valence-corrected chi connectivity index (χ1v) is 6.74. The van der Waals surface area contributed by atoms with E-state index in [1.54, 1.807) is 0 Å². The molecule has 3 rings (SSSR count). The molecule has 1 aromatic heterocycles. The van der Waals surface area contributed by atoms with E-state index in [0.717, 1.165) is 25.9 Å². The second-order valence-electron chi connectivity index (χ2n) is 5.23. The Kier molecular flexibility index (Phi) is 3.25. The van der Waals surface area contributed by atoms with Gasteiger partial charge in [-0.3, -0.25) is 4.79 Å². The van der Waals surface area contributed by atoms with E-state index >= 15 is 0 Å². The van der Waals surface area contributed by atoms with Gasteiger partial charge in [0.25, 0.3) is 0 Å². The van der Waals surface area contributed by atoms with Gasteiger partial charge in [-0.2, -0.15) is 0 Å². The number of hydrogen-bond acceptors (Lipinski definition) is 2. The van der Waals surface area contributed by atoms with Crippen molar-refractivity contribution in [2.24, 2.45) is 5.92 Å². The number of aromatic nitrogens is 1. The Morgan fingerprint density at radius 3 is 3.05 bits per heavy atom. The number of fused-ring (bicyclic) bond motifs is 1. The quantitative estimate of drug-likeness (QED) is 0.883. The van der Waals surface area contributed by atoms with E-state index in [1.807, 2.05) is 6.07 Å². The van der Waals surface area contributed by atoms with Crippen molar-refractivity contribution < 1.29 is 9.90 Å². The normalized spacial score (nSPS) is 20.1. The highest BCUT2D eigenvalue weighted by Crippen LogP contribution is 2.20. The number of aliphatic carboxylic acids is 1. The molecule has 0 bridgehead atoms. The molecule has 1 aromatic carbocycles. The van der Waals surface area contributed by atoms with E-state index in [0.29, 0.717) is 6.54 Å². The Hall–Kier alpha value is -1.81. The van der Waals surface area contributed by atoms with Gasteiger partial charge in [-0.15, -0.1) is 0 Å². The Balaban J connectivity index is 1.62. The van der Waals surface area contributed by atoms with Crippen LogP contribution in [0, 0.1) is 5.92 Å². The zero-order valence-electron chi connectivity index (χ0n) is 10.8. The van der Waals surface area contributed by atoms with Crippen LogP contribution in [0.2, 0.25) is 0 Å². The number of nitrogens with zero attached hydrogens (tertiary/aromatic N) is 1. The molecule has 1 unspecified atom stereocenters. The summed E-state index contributed by atoms with van der Waals surface area (Å²) in [7, 11) is 0. The fourth-order valence-electron chi connectivity index (χ4n) is 2.85. The van der Waals surface area contributed by atoms with Gasteiger partial charge >= 0.3 is 5.97 Å². The summed E-state index contributed by atoms with van der Waals surface area (Å²) in [6.07, 6.45) is 3.81. The van der Waals surface area contributed by atoms with Crippen LogP contribution in [0.15, 0.2) is 30.5 Å². The predicted octanol–water partition coefficient (Wildman–Crippen LogP) is 2.12. The van der Waals surface area contributed by atoms with Crippen molar-refractivity contribution in [3.63, 3.8) is 0 Å². The van der Waals surface area contributed by atoms with Gasteiger partial charge in [-0.1, -0.05) is 18.2 Å². The molecule has 0 amide bonds. The summed E-state index contributed by atoms with van der Waals surface area (Å²) in [5, 5.41) is 10.3. The fraction of sp³-hybridized carbons (Fsp3) is 0.400. The number of H-pyrrole nitrogens is 1. The van der Waals surface area contributed by atoms with E-state index < -0.39 is 5.97 Å². The highest BCUT2D eigenvalue weighted by atomic mass is 16.4. The first-order valence-electron chi connectivity index (χ1n) is 6.74. The highest BCUT2D eigenvalue weighted by molar-refractivity contribution is 5.83. The van der Waals surface area contributed by atoms with Gasteiger partial charge in [-0.25, -0.2) is 0 Å². The summed E-state index contributed by atoms with van der Waals surface area (Å²) in [4.78, 5) is 16.5. The molecule has 0 radical (unpaired) electrons. The van der Waals surface area contributed by atoms with Gasteiger partial charge in [-0.05, 0) is 31.0 Å². The van der Waals surface area contributed by atoms with Crippen LogP contribution in [0.5, 0.6) is 0 Å². The molecule has 2 heterocycles. The molecule has 1 aliphatic rings. The number of aromatic amines is 1. The summed E-state index contributed by atoms with van der Waals surface area (Å²) in [6.45, 7) is 2.53. The molecule has 19 heavy (non-hydrogen) atoms. The lowest BCUT2D eigenvalue weighted by Gasteiger charge is -2.14. The van der Waals surface area contributed by atoms with E-state index in [2.05, 4.69) is 34.3 Å². The zero-order valence-corrected chi connectivity index (χ0v) is 10.8. The number of carboxylic acids is 1. The number of hydrogen-bond donors (Lipinski definition) is 2. The van der Waals surface area contributed by atoms with Crippen LogP contribution in [0.4, 0.5) is 0 Å². The van der Waals surface area contributed by atoms with Crippen LogP contribution in [-0.2, 0) is 11.2 Å². The van der Waals surface area contributed by atoms with Crippen LogP contribution in [-0.4, -0.2) is 40.6 Å². The lowest BCUT2D eigenvalue weighted by atomic mass is 10.1. The third kappa shape index (κ3) is 2.49. The predicted molar refractivity (Wildman–Crippen MR) is 74.2 cm³/mol. The molecule has 1 aliphatic heterocycles. The van der Waals surface area contributed by atoms with Gasteiger partial charge in [0.2, 0.25) is 0 Å². The molecule has 4 heteroatoms. The monoisotopic (exact) mass is 258 g/mol. The fourth-order valence-corrected chi connectivity index (χ4v) is 2.85. The number of likely N-dealkylation sites (tertiary alicyclic amines) is 1. The summed E-state index contributed by atoms with van der Waals surface area (Å²) in [6, 6.07) is 8.29. The van der Waals surface area contributed by atoms with E-state index in [4.69, 9.17) is 5.11 Å². The molecular weight excluding hydrogens is 240 g/mol. The molecule has 2 aromatic rings. The average molecular weight is 258 g/mol. The molecule has 1 fully saturated rings. The number of para-hydroxylation sites is 1. The van der Waals surface area contributed by atoms with Crippen molar-refractivity contribution in [3.05, 3.63) is 36.0 Å². The minimum absolute atomic E-state index is 0.178. The molecule has 1 saturated heterocycles. The molecule has 0 spiro atoms. The molecule has 4 nitrogen and oxygen atoms in total. The second-order valence-corrected chi connectivity index (χ2v) is 5.23. The first kappa shape index (κ1) is 12.2. The van der Waals surface area contributed by atoms with Gasteiger partial charge < -0.3 is 15.0 Å². The number of rotatable bonds is 4. The van der Waals surface area contributed by atoms with E-state index in [9.17, 15) is 4.79 Å². The maximum atomic E-state index is 10.9. The molecular formula is C15H18N2O2. The van der Waals surface area contributed by atoms with Crippen LogP contribution >= 0.6 is 0 Å². The highest BCUT2D eigenvalue weighted by Gasteiger charge is 2.27. The zero-order chi connectivity index (χ0) is 13.2. The van der Waals surface area contributed by atoms with Gasteiger partial charge in [0.1, 0.15) is 0 Å². The van der Waals surface area contributed by atoms with Crippen molar-refractivity contribution >= 4 is 16.9 Å². The molecule has 100 valence electrons. The number of carboxylic acid groups (broad SMARTS) is 1. The Labute approximate surface area is 112 Å².